The first kappa shape index (κ1) is 21.4. The Hall–Kier alpha value is -3.40. The molecule has 1 aliphatic carbocycles. The van der Waals surface area contributed by atoms with Gasteiger partial charge in [0.2, 0.25) is 0 Å². The van der Waals surface area contributed by atoms with Crippen molar-refractivity contribution < 1.29 is 4.79 Å². The van der Waals surface area contributed by atoms with Crippen LogP contribution in [0.3, 0.4) is 0 Å². The molecular formula is C26H24ClN5O. The van der Waals surface area contributed by atoms with Gasteiger partial charge in [-0.05, 0) is 66.9 Å². The Kier molecular flexibility index (Phi) is 5.76. The smallest absolute Gasteiger partial charge is 0.255 e. The third-order valence-corrected chi connectivity index (χ3v) is 6.76. The zero-order valence-electron chi connectivity index (χ0n) is 18.5. The topological polar surface area (TPSA) is 64.6 Å². The number of carbonyl (C=O) groups excluding carboxylic acids is 1. The molecule has 0 saturated carbocycles. The number of hydrogen-bond acceptors (Lipinski definition) is 4. The molecule has 33 heavy (non-hydrogen) atoms. The Labute approximate surface area is 198 Å². The normalized spacial score (nSPS) is 16.9. The van der Waals surface area contributed by atoms with E-state index >= 15 is 0 Å². The van der Waals surface area contributed by atoms with Gasteiger partial charge >= 0.3 is 0 Å². The van der Waals surface area contributed by atoms with Crippen LogP contribution in [0.15, 0.2) is 60.5 Å². The lowest BCUT2D eigenvalue weighted by Gasteiger charge is -2.32. The van der Waals surface area contributed by atoms with E-state index in [1.807, 2.05) is 53.6 Å². The van der Waals surface area contributed by atoms with Crippen LogP contribution in [-0.2, 0) is 0 Å². The van der Waals surface area contributed by atoms with Gasteiger partial charge in [0, 0.05) is 37.9 Å². The number of fused-ring (bicyclic) bond motifs is 1. The monoisotopic (exact) mass is 457 g/mol. The van der Waals surface area contributed by atoms with Gasteiger partial charge < -0.3 is 9.80 Å². The van der Waals surface area contributed by atoms with E-state index in [2.05, 4.69) is 33.6 Å². The molecule has 1 aliphatic heterocycles. The molecule has 3 heterocycles. The summed E-state index contributed by atoms with van der Waals surface area (Å²) in [5.74, 6) is -0.0129. The van der Waals surface area contributed by atoms with Crippen LogP contribution in [0.25, 0.3) is 22.3 Å². The van der Waals surface area contributed by atoms with E-state index in [1.54, 1.807) is 0 Å². The SMILES string of the molecule is CN1CCN(C(=O)c2ccc(-c3ccc4ncc(C5=CC=C(C#N)CC5)n4c3)cc2Cl)CC1. The van der Waals surface area contributed by atoms with Crippen molar-refractivity contribution in [2.75, 3.05) is 33.2 Å². The number of nitriles is 1. The number of rotatable bonds is 3. The predicted molar refractivity (Wildman–Crippen MR) is 130 cm³/mol. The van der Waals surface area contributed by atoms with Gasteiger partial charge in [-0.1, -0.05) is 23.7 Å². The maximum Gasteiger partial charge on any atom is 0.255 e. The van der Waals surface area contributed by atoms with Crippen LogP contribution in [0.1, 0.15) is 28.9 Å². The second-order valence-electron chi connectivity index (χ2n) is 8.58. The second kappa shape index (κ2) is 8.86. The van der Waals surface area contributed by atoms with Crippen molar-refractivity contribution in [3.05, 3.63) is 76.7 Å². The molecule has 0 unspecified atom stereocenters. The molecule has 7 heteroatoms. The Morgan fingerprint density at radius 2 is 1.85 bits per heavy atom. The van der Waals surface area contributed by atoms with Crippen LogP contribution in [0.5, 0.6) is 0 Å². The highest BCUT2D eigenvalue weighted by molar-refractivity contribution is 6.34. The number of hydrogen-bond donors (Lipinski definition) is 0. The lowest BCUT2D eigenvalue weighted by Crippen LogP contribution is -2.47. The number of amides is 1. The Morgan fingerprint density at radius 3 is 2.55 bits per heavy atom. The number of carbonyl (C=O) groups is 1. The average molecular weight is 458 g/mol. The van der Waals surface area contributed by atoms with E-state index in [0.29, 0.717) is 23.7 Å². The Bertz CT molecular complexity index is 1340. The fraction of sp³-hybridized carbons (Fsp3) is 0.269. The molecular weight excluding hydrogens is 434 g/mol. The first-order chi connectivity index (χ1) is 16.0. The number of allylic oxidation sites excluding steroid dienone is 4. The maximum absolute atomic E-state index is 13.0. The van der Waals surface area contributed by atoms with Crippen molar-refractivity contribution in [2.24, 2.45) is 0 Å². The second-order valence-corrected chi connectivity index (χ2v) is 8.98. The lowest BCUT2D eigenvalue weighted by molar-refractivity contribution is 0.0664. The third-order valence-electron chi connectivity index (χ3n) is 6.45. The van der Waals surface area contributed by atoms with Crippen LogP contribution < -0.4 is 0 Å². The maximum atomic E-state index is 13.0. The number of imidazole rings is 1. The number of benzene rings is 1. The number of likely N-dealkylation sites (N-methyl/N-ethyl adjacent to an activating group) is 1. The minimum Gasteiger partial charge on any atom is -0.336 e. The molecule has 6 nitrogen and oxygen atoms in total. The van der Waals surface area contributed by atoms with E-state index in [4.69, 9.17) is 16.9 Å². The summed E-state index contributed by atoms with van der Waals surface area (Å²) in [5.41, 5.74) is 6.32. The number of halogens is 1. The number of pyridine rings is 1. The van der Waals surface area contributed by atoms with E-state index < -0.39 is 0 Å². The van der Waals surface area contributed by atoms with Gasteiger partial charge in [0.15, 0.2) is 0 Å². The summed E-state index contributed by atoms with van der Waals surface area (Å²) in [6.45, 7) is 3.18. The fourth-order valence-electron chi connectivity index (χ4n) is 4.38. The summed E-state index contributed by atoms with van der Waals surface area (Å²) in [6, 6.07) is 11.9. The van der Waals surface area contributed by atoms with Crippen LogP contribution in [0, 0.1) is 11.3 Å². The molecule has 1 aromatic carbocycles. The van der Waals surface area contributed by atoms with Crippen molar-refractivity contribution in [3.8, 4) is 17.2 Å². The van der Waals surface area contributed by atoms with Gasteiger partial charge in [-0.15, -0.1) is 0 Å². The van der Waals surface area contributed by atoms with Crippen molar-refractivity contribution >= 4 is 28.7 Å². The molecule has 2 aromatic heterocycles. The first-order valence-corrected chi connectivity index (χ1v) is 11.5. The molecule has 1 fully saturated rings. The summed E-state index contributed by atoms with van der Waals surface area (Å²) < 4.78 is 2.07. The van der Waals surface area contributed by atoms with Crippen molar-refractivity contribution in [2.45, 2.75) is 12.8 Å². The number of aromatic nitrogens is 2. The highest BCUT2D eigenvalue weighted by atomic mass is 35.5. The van der Waals surface area contributed by atoms with E-state index in [-0.39, 0.29) is 5.91 Å². The minimum absolute atomic E-state index is 0.0129. The van der Waals surface area contributed by atoms with Crippen LogP contribution >= 0.6 is 11.6 Å². The summed E-state index contributed by atoms with van der Waals surface area (Å²) in [7, 11) is 2.07. The first-order valence-electron chi connectivity index (χ1n) is 11.1. The molecule has 2 aliphatic rings. The zero-order valence-corrected chi connectivity index (χ0v) is 19.2. The van der Waals surface area contributed by atoms with Crippen LogP contribution in [-0.4, -0.2) is 58.3 Å². The van der Waals surface area contributed by atoms with Crippen molar-refractivity contribution in [1.82, 2.24) is 19.2 Å². The summed E-state index contributed by atoms with van der Waals surface area (Å²) >= 11 is 6.58. The summed E-state index contributed by atoms with van der Waals surface area (Å²) in [4.78, 5) is 21.6. The number of piperazine rings is 1. The highest BCUT2D eigenvalue weighted by Gasteiger charge is 2.22. The molecule has 3 aromatic rings. The van der Waals surface area contributed by atoms with Gasteiger partial charge in [0.1, 0.15) is 5.65 Å². The van der Waals surface area contributed by atoms with Gasteiger partial charge in [0.25, 0.3) is 5.91 Å². The van der Waals surface area contributed by atoms with Gasteiger partial charge in [-0.25, -0.2) is 4.98 Å². The largest absolute Gasteiger partial charge is 0.336 e. The molecule has 0 atom stereocenters. The molecule has 0 bridgehead atoms. The van der Waals surface area contributed by atoms with Crippen LogP contribution in [0.4, 0.5) is 0 Å². The molecule has 1 amide bonds. The van der Waals surface area contributed by atoms with E-state index in [0.717, 1.165) is 59.5 Å². The molecule has 0 radical (unpaired) electrons. The van der Waals surface area contributed by atoms with Gasteiger partial charge in [-0.3, -0.25) is 9.20 Å². The number of nitrogens with zero attached hydrogens (tertiary/aromatic N) is 5. The van der Waals surface area contributed by atoms with Crippen molar-refractivity contribution in [3.63, 3.8) is 0 Å². The predicted octanol–water partition coefficient (Wildman–Crippen LogP) is 4.67. The summed E-state index contributed by atoms with van der Waals surface area (Å²) in [5, 5.41) is 9.57. The van der Waals surface area contributed by atoms with Gasteiger partial charge in [-0.2, -0.15) is 5.26 Å². The minimum atomic E-state index is -0.0129. The fourth-order valence-corrected chi connectivity index (χ4v) is 4.64. The molecule has 0 N–H and O–H groups in total. The molecule has 1 saturated heterocycles. The Morgan fingerprint density at radius 1 is 1.06 bits per heavy atom. The van der Waals surface area contributed by atoms with Gasteiger partial charge in [0.05, 0.1) is 28.5 Å². The molecule has 5 rings (SSSR count). The summed E-state index contributed by atoms with van der Waals surface area (Å²) in [6.07, 6.45) is 9.38. The molecule has 166 valence electrons. The van der Waals surface area contributed by atoms with E-state index in [1.165, 1.54) is 0 Å². The quantitative estimate of drug-likeness (QED) is 0.573. The third kappa shape index (κ3) is 4.18. The standard InChI is InChI=1S/C26H24ClN5O/c1-30-10-12-31(13-11-30)26(33)22-8-6-20(14-23(22)27)21-7-9-25-29-16-24(32(25)17-21)19-4-2-18(15-28)3-5-19/h2,4,6-9,14,16-17H,3,5,10-13H2,1H3. The Balaban J connectivity index is 1.44. The lowest BCUT2D eigenvalue weighted by atomic mass is 9.97. The van der Waals surface area contributed by atoms with Crippen LogP contribution in [0.2, 0.25) is 5.02 Å². The highest BCUT2D eigenvalue weighted by Crippen LogP contribution is 2.30. The molecule has 0 spiro atoms. The zero-order chi connectivity index (χ0) is 22.9. The average Bonchev–Trinajstić information content (AvgIpc) is 3.27. The van der Waals surface area contributed by atoms with E-state index in [9.17, 15) is 4.79 Å². The van der Waals surface area contributed by atoms with Crippen molar-refractivity contribution in [1.29, 1.82) is 5.26 Å².